The van der Waals surface area contributed by atoms with Crippen LogP contribution in [0, 0.1) is 5.82 Å². The first-order chi connectivity index (χ1) is 14.0. The van der Waals surface area contributed by atoms with Crippen molar-refractivity contribution in [1.82, 2.24) is 14.8 Å². The van der Waals surface area contributed by atoms with Crippen LogP contribution in [0.2, 0.25) is 0 Å². The first-order valence-corrected chi connectivity index (χ1v) is 9.47. The Morgan fingerprint density at radius 3 is 2.50 bits per heavy atom. The second kappa shape index (κ2) is 8.10. The first kappa shape index (κ1) is 21.2. The Bertz CT molecular complexity index is 1100. The van der Waals surface area contributed by atoms with Gasteiger partial charge in [0.15, 0.2) is 5.65 Å². The Balaban J connectivity index is 1.83. The fraction of sp³-hybridized carbons (Fsp3) is 0.333. The highest BCUT2D eigenvalue weighted by molar-refractivity contribution is 6.07. The summed E-state index contributed by atoms with van der Waals surface area (Å²) < 4.78 is 20.7. The van der Waals surface area contributed by atoms with Gasteiger partial charge in [-0.15, -0.1) is 0 Å². The van der Waals surface area contributed by atoms with E-state index in [1.54, 1.807) is 37.7 Å². The summed E-state index contributed by atoms with van der Waals surface area (Å²) in [5.41, 5.74) is 0.553. The van der Waals surface area contributed by atoms with E-state index in [4.69, 9.17) is 4.74 Å². The van der Waals surface area contributed by atoms with Crippen molar-refractivity contribution in [1.29, 1.82) is 0 Å². The van der Waals surface area contributed by atoms with Crippen LogP contribution in [0.3, 0.4) is 0 Å². The van der Waals surface area contributed by atoms with Gasteiger partial charge in [0.2, 0.25) is 0 Å². The van der Waals surface area contributed by atoms with Gasteiger partial charge in [-0.05, 0) is 58.9 Å². The van der Waals surface area contributed by atoms with E-state index in [9.17, 15) is 14.0 Å². The molecule has 0 aliphatic rings. The number of aromatic nitrogens is 3. The maximum absolute atomic E-state index is 13.8. The number of fused-ring (bicyclic) bond motifs is 1. The highest BCUT2D eigenvalue weighted by atomic mass is 19.1. The van der Waals surface area contributed by atoms with Gasteiger partial charge in [0.1, 0.15) is 11.4 Å². The molecule has 3 aromatic rings. The van der Waals surface area contributed by atoms with Gasteiger partial charge in [-0.25, -0.2) is 18.9 Å². The van der Waals surface area contributed by atoms with Crippen molar-refractivity contribution < 1.29 is 18.7 Å². The summed E-state index contributed by atoms with van der Waals surface area (Å²) in [7, 11) is 0. The third-order valence-corrected chi connectivity index (χ3v) is 4.05. The van der Waals surface area contributed by atoms with Gasteiger partial charge in [0.25, 0.3) is 5.91 Å². The molecule has 1 aromatic carbocycles. The molecule has 2 N–H and O–H groups in total. The van der Waals surface area contributed by atoms with Crippen LogP contribution < -0.4 is 10.6 Å². The van der Waals surface area contributed by atoms with Crippen molar-refractivity contribution in [3.8, 4) is 0 Å². The minimum absolute atomic E-state index is 0.101. The average Bonchev–Trinajstić information content (AvgIpc) is 3.05. The predicted molar refractivity (Wildman–Crippen MR) is 112 cm³/mol. The zero-order valence-electron chi connectivity index (χ0n) is 17.5. The second-order valence-electron chi connectivity index (χ2n) is 8.09. The van der Waals surface area contributed by atoms with Crippen LogP contribution >= 0.6 is 0 Å². The lowest BCUT2D eigenvalue weighted by molar-refractivity contribution is 0.0635. The molecule has 0 radical (unpaired) electrons. The molecule has 0 fully saturated rings. The van der Waals surface area contributed by atoms with Gasteiger partial charge in [-0.1, -0.05) is 0 Å². The number of pyridine rings is 1. The molecule has 2 amide bonds. The van der Waals surface area contributed by atoms with E-state index < -0.39 is 23.4 Å². The number of halogens is 1. The van der Waals surface area contributed by atoms with E-state index in [0.29, 0.717) is 11.0 Å². The summed E-state index contributed by atoms with van der Waals surface area (Å²) in [6.07, 6.45) is 2.35. The van der Waals surface area contributed by atoms with E-state index in [0.717, 1.165) is 6.07 Å². The van der Waals surface area contributed by atoms with Crippen molar-refractivity contribution in [3.63, 3.8) is 0 Å². The summed E-state index contributed by atoms with van der Waals surface area (Å²) in [6, 6.07) is 5.43. The lowest BCUT2D eigenvalue weighted by atomic mass is 10.2. The predicted octanol–water partition coefficient (Wildman–Crippen LogP) is 4.75. The summed E-state index contributed by atoms with van der Waals surface area (Å²) in [5, 5.41) is 10.1. The summed E-state index contributed by atoms with van der Waals surface area (Å²) in [4.78, 5) is 29.1. The standard InChI is InChI=1S/C21H24FN5O3/c1-12(2)27-18-13(11-24-27)8-14(10-23-18)19(28)25-17-9-15(22)6-7-16(17)26-20(29)30-21(3,4)5/h6-12H,1-5H3,(H,25,28)(H,26,29). The fourth-order valence-electron chi connectivity index (χ4n) is 2.78. The van der Waals surface area contributed by atoms with Gasteiger partial charge in [0.05, 0.1) is 23.1 Å². The molecule has 0 bridgehead atoms. The quantitative estimate of drug-likeness (QED) is 0.643. The maximum Gasteiger partial charge on any atom is 0.412 e. The number of nitrogens with zero attached hydrogens (tertiary/aromatic N) is 3. The molecule has 30 heavy (non-hydrogen) atoms. The van der Waals surface area contributed by atoms with Crippen LogP contribution in [-0.4, -0.2) is 32.4 Å². The van der Waals surface area contributed by atoms with Crippen molar-refractivity contribution in [2.75, 3.05) is 10.6 Å². The number of hydrogen-bond donors (Lipinski definition) is 2. The number of ether oxygens (including phenoxy) is 1. The number of hydrogen-bond acceptors (Lipinski definition) is 5. The van der Waals surface area contributed by atoms with Crippen molar-refractivity contribution in [2.45, 2.75) is 46.3 Å². The molecule has 3 rings (SSSR count). The Labute approximate surface area is 173 Å². The van der Waals surface area contributed by atoms with Crippen LogP contribution in [0.4, 0.5) is 20.6 Å². The van der Waals surface area contributed by atoms with E-state index in [2.05, 4.69) is 20.7 Å². The molecule has 158 valence electrons. The minimum atomic E-state index is -0.714. The third kappa shape index (κ3) is 4.91. The molecule has 0 saturated carbocycles. The molecule has 0 atom stereocenters. The van der Waals surface area contributed by atoms with Crippen LogP contribution in [-0.2, 0) is 4.74 Å². The Kier molecular flexibility index (Phi) is 5.73. The lowest BCUT2D eigenvalue weighted by Crippen LogP contribution is -2.27. The smallest absolute Gasteiger partial charge is 0.412 e. The molecule has 0 unspecified atom stereocenters. The highest BCUT2D eigenvalue weighted by Gasteiger charge is 2.19. The van der Waals surface area contributed by atoms with Gasteiger partial charge < -0.3 is 10.1 Å². The van der Waals surface area contributed by atoms with Crippen molar-refractivity contribution in [3.05, 3.63) is 48.0 Å². The molecule has 9 heteroatoms. The van der Waals surface area contributed by atoms with Gasteiger partial charge in [-0.2, -0.15) is 5.10 Å². The van der Waals surface area contributed by atoms with Crippen molar-refractivity contribution in [2.24, 2.45) is 0 Å². The molecule has 2 aromatic heterocycles. The summed E-state index contributed by atoms with van der Waals surface area (Å²) >= 11 is 0. The molecule has 8 nitrogen and oxygen atoms in total. The molecule has 0 saturated heterocycles. The van der Waals surface area contributed by atoms with E-state index in [-0.39, 0.29) is 23.0 Å². The van der Waals surface area contributed by atoms with Crippen LogP contribution in [0.1, 0.15) is 51.0 Å². The van der Waals surface area contributed by atoms with E-state index in [1.807, 2.05) is 13.8 Å². The Hall–Kier alpha value is -3.49. The Morgan fingerprint density at radius 2 is 1.83 bits per heavy atom. The number of carbonyl (C=O) groups is 2. The van der Waals surface area contributed by atoms with Crippen molar-refractivity contribution >= 4 is 34.4 Å². The molecule has 0 aliphatic heterocycles. The average molecular weight is 413 g/mol. The lowest BCUT2D eigenvalue weighted by Gasteiger charge is -2.20. The van der Waals surface area contributed by atoms with Crippen LogP contribution in [0.25, 0.3) is 11.0 Å². The number of carbonyl (C=O) groups excluding carboxylic acids is 2. The zero-order chi connectivity index (χ0) is 22.1. The monoisotopic (exact) mass is 413 g/mol. The number of anilines is 2. The molecule has 0 spiro atoms. The zero-order valence-corrected chi connectivity index (χ0v) is 17.5. The minimum Gasteiger partial charge on any atom is -0.444 e. The van der Waals surface area contributed by atoms with E-state index >= 15 is 0 Å². The molecular formula is C21H24FN5O3. The molecule has 0 aliphatic carbocycles. The second-order valence-corrected chi connectivity index (χ2v) is 8.09. The van der Waals surface area contributed by atoms with Crippen LogP contribution in [0.15, 0.2) is 36.7 Å². The normalized spacial score (nSPS) is 11.6. The molecule has 2 heterocycles. The fourth-order valence-corrected chi connectivity index (χ4v) is 2.78. The first-order valence-electron chi connectivity index (χ1n) is 9.47. The van der Waals surface area contributed by atoms with Crippen LogP contribution in [0.5, 0.6) is 0 Å². The maximum atomic E-state index is 13.8. The number of nitrogens with one attached hydrogen (secondary N) is 2. The number of amides is 2. The Morgan fingerprint density at radius 1 is 1.10 bits per heavy atom. The number of rotatable bonds is 4. The number of benzene rings is 1. The van der Waals surface area contributed by atoms with Gasteiger partial charge in [-0.3, -0.25) is 10.1 Å². The largest absolute Gasteiger partial charge is 0.444 e. The van der Waals surface area contributed by atoms with Gasteiger partial charge >= 0.3 is 6.09 Å². The van der Waals surface area contributed by atoms with Gasteiger partial charge in [0, 0.05) is 17.6 Å². The topological polar surface area (TPSA) is 98.1 Å². The third-order valence-electron chi connectivity index (χ3n) is 4.05. The SMILES string of the molecule is CC(C)n1ncc2cc(C(=O)Nc3cc(F)ccc3NC(=O)OC(C)(C)C)cnc21. The highest BCUT2D eigenvalue weighted by Crippen LogP contribution is 2.25. The van der Waals surface area contributed by atoms with E-state index in [1.165, 1.54) is 18.3 Å². The summed E-state index contributed by atoms with van der Waals surface area (Å²) in [6.45, 7) is 9.15. The summed E-state index contributed by atoms with van der Waals surface area (Å²) in [5.74, 6) is -1.06. The molecular weight excluding hydrogens is 389 g/mol.